The van der Waals surface area contributed by atoms with E-state index in [9.17, 15) is 10.2 Å². The molecule has 5 nitrogen and oxygen atoms in total. The van der Waals surface area contributed by atoms with Crippen molar-refractivity contribution >= 4 is 0 Å². The summed E-state index contributed by atoms with van der Waals surface area (Å²) in [4.78, 5) is 0. The second kappa shape index (κ2) is 17.4. The molecule has 28 heavy (non-hydrogen) atoms. The van der Waals surface area contributed by atoms with Crippen LogP contribution in [0.4, 0.5) is 0 Å². The molecule has 0 saturated carbocycles. The van der Waals surface area contributed by atoms with Gasteiger partial charge in [0.1, 0.15) is 24.4 Å². The van der Waals surface area contributed by atoms with E-state index in [0.717, 1.165) is 19.3 Å². The third-order valence-electron chi connectivity index (χ3n) is 5.62. The molecule has 0 bridgehead atoms. The minimum Gasteiger partial charge on any atom is -0.394 e. The maximum Gasteiger partial charge on any atom is 0.114 e. The predicted octanol–water partition coefficient (Wildman–Crippen LogP) is 4.13. The van der Waals surface area contributed by atoms with Crippen molar-refractivity contribution in [2.75, 3.05) is 19.8 Å². The molecule has 0 unspecified atom stereocenters. The molecule has 5 heteroatoms. The Labute approximate surface area is 172 Å². The normalized spacial score (nSPS) is 23.2. The first-order chi connectivity index (χ1) is 13.7. The molecule has 1 fully saturated rings. The highest BCUT2D eigenvalue weighted by Crippen LogP contribution is 2.20. The standard InChI is InChI=1S/C23H44O5/c1-2-3-4-5-6-7-8-9-10-11-12-13-14-15-16-17-27-21-19-28-23(22(21)26)20(25)18-24/h2,20-26H,1,3-19H2/t20-,21+,22+,23+/m1/s1. The lowest BCUT2D eigenvalue weighted by Crippen LogP contribution is -2.41. The summed E-state index contributed by atoms with van der Waals surface area (Å²) >= 11 is 0. The molecular formula is C23H44O5. The van der Waals surface area contributed by atoms with Gasteiger partial charge in [0.2, 0.25) is 0 Å². The van der Waals surface area contributed by atoms with Crippen LogP contribution in [0.3, 0.4) is 0 Å². The second-order valence-electron chi connectivity index (χ2n) is 8.12. The van der Waals surface area contributed by atoms with Crippen molar-refractivity contribution in [2.45, 2.75) is 114 Å². The van der Waals surface area contributed by atoms with Crippen molar-refractivity contribution in [3.8, 4) is 0 Å². The molecule has 0 amide bonds. The van der Waals surface area contributed by atoms with E-state index in [1.807, 2.05) is 6.08 Å². The topological polar surface area (TPSA) is 79.2 Å². The SMILES string of the molecule is C=CCCCCCCCCCCCCCCCO[C@H]1CO[C@@H]([C@H](O)CO)[C@H]1O. The molecule has 0 radical (unpaired) electrons. The Balaban J connectivity index is 1.81. The summed E-state index contributed by atoms with van der Waals surface area (Å²) in [5.41, 5.74) is 0. The largest absolute Gasteiger partial charge is 0.394 e. The van der Waals surface area contributed by atoms with Crippen LogP contribution in [0.25, 0.3) is 0 Å². The van der Waals surface area contributed by atoms with Gasteiger partial charge in [0, 0.05) is 6.61 Å². The molecule has 1 heterocycles. The number of allylic oxidation sites excluding steroid dienone is 1. The van der Waals surface area contributed by atoms with Gasteiger partial charge in [-0.25, -0.2) is 0 Å². The Morgan fingerprint density at radius 2 is 1.39 bits per heavy atom. The van der Waals surface area contributed by atoms with E-state index in [1.165, 1.54) is 70.6 Å². The summed E-state index contributed by atoms with van der Waals surface area (Å²) in [5, 5.41) is 28.6. The third kappa shape index (κ3) is 11.5. The summed E-state index contributed by atoms with van der Waals surface area (Å²) < 4.78 is 11.0. The van der Waals surface area contributed by atoms with E-state index in [4.69, 9.17) is 14.6 Å². The van der Waals surface area contributed by atoms with Gasteiger partial charge < -0.3 is 24.8 Å². The number of rotatable bonds is 19. The average molecular weight is 401 g/mol. The monoisotopic (exact) mass is 400 g/mol. The van der Waals surface area contributed by atoms with Gasteiger partial charge in [-0.15, -0.1) is 6.58 Å². The predicted molar refractivity (Wildman–Crippen MR) is 113 cm³/mol. The van der Waals surface area contributed by atoms with E-state index >= 15 is 0 Å². The molecule has 0 aromatic heterocycles. The maximum absolute atomic E-state index is 10.1. The van der Waals surface area contributed by atoms with Crippen LogP contribution in [0, 0.1) is 0 Å². The second-order valence-corrected chi connectivity index (χ2v) is 8.12. The molecule has 0 aromatic carbocycles. The van der Waals surface area contributed by atoms with Crippen molar-refractivity contribution in [1.82, 2.24) is 0 Å². The number of hydrogen-bond acceptors (Lipinski definition) is 5. The van der Waals surface area contributed by atoms with Crippen molar-refractivity contribution < 1.29 is 24.8 Å². The summed E-state index contributed by atoms with van der Waals surface area (Å²) in [7, 11) is 0. The molecule has 166 valence electrons. The van der Waals surface area contributed by atoms with Crippen LogP contribution < -0.4 is 0 Å². The zero-order valence-electron chi connectivity index (χ0n) is 17.8. The fraction of sp³-hybridized carbons (Fsp3) is 0.913. The van der Waals surface area contributed by atoms with E-state index in [-0.39, 0.29) is 6.61 Å². The first-order valence-corrected chi connectivity index (χ1v) is 11.5. The fourth-order valence-electron chi connectivity index (χ4n) is 3.77. The summed E-state index contributed by atoms with van der Waals surface area (Å²) in [6.45, 7) is 4.23. The molecule has 1 saturated heterocycles. The van der Waals surface area contributed by atoms with Gasteiger partial charge in [-0.3, -0.25) is 0 Å². The molecule has 4 atom stereocenters. The number of aliphatic hydroxyl groups is 3. The Kier molecular flexibility index (Phi) is 15.9. The van der Waals surface area contributed by atoms with Gasteiger partial charge in [-0.05, 0) is 19.3 Å². The highest BCUT2D eigenvalue weighted by molar-refractivity contribution is 4.88. The van der Waals surface area contributed by atoms with Crippen LogP contribution in [-0.4, -0.2) is 59.6 Å². The lowest BCUT2D eigenvalue weighted by atomic mass is 10.0. The molecule has 0 aliphatic carbocycles. The van der Waals surface area contributed by atoms with Crippen LogP contribution in [-0.2, 0) is 9.47 Å². The molecule has 1 aliphatic heterocycles. The van der Waals surface area contributed by atoms with Gasteiger partial charge in [-0.1, -0.05) is 76.7 Å². The Bertz CT molecular complexity index is 363. The van der Waals surface area contributed by atoms with E-state index in [1.54, 1.807) is 0 Å². The lowest BCUT2D eigenvalue weighted by molar-refractivity contribution is -0.0730. The molecule has 0 spiro atoms. The Morgan fingerprint density at radius 3 is 1.89 bits per heavy atom. The molecule has 3 N–H and O–H groups in total. The molecule has 1 aliphatic rings. The van der Waals surface area contributed by atoms with Crippen LogP contribution in [0.15, 0.2) is 12.7 Å². The highest BCUT2D eigenvalue weighted by Gasteiger charge is 2.40. The van der Waals surface area contributed by atoms with Gasteiger partial charge in [-0.2, -0.15) is 0 Å². The van der Waals surface area contributed by atoms with Gasteiger partial charge >= 0.3 is 0 Å². The van der Waals surface area contributed by atoms with E-state index in [2.05, 4.69) is 6.58 Å². The quantitative estimate of drug-likeness (QED) is 0.224. The molecule has 1 rings (SSSR count). The Morgan fingerprint density at radius 1 is 0.893 bits per heavy atom. The van der Waals surface area contributed by atoms with Crippen LogP contribution in [0.5, 0.6) is 0 Å². The number of aliphatic hydroxyl groups excluding tert-OH is 3. The minimum absolute atomic E-state index is 0.276. The van der Waals surface area contributed by atoms with Crippen LogP contribution in [0.2, 0.25) is 0 Å². The van der Waals surface area contributed by atoms with Crippen molar-refractivity contribution in [3.05, 3.63) is 12.7 Å². The van der Waals surface area contributed by atoms with Crippen molar-refractivity contribution in [1.29, 1.82) is 0 Å². The number of unbranched alkanes of at least 4 members (excludes halogenated alkanes) is 13. The van der Waals surface area contributed by atoms with E-state index < -0.39 is 31.0 Å². The maximum atomic E-state index is 10.1. The van der Waals surface area contributed by atoms with Crippen LogP contribution >= 0.6 is 0 Å². The van der Waals surface area contributed by atoms with Gasteiger partial charge in [0.05, 0.1) is 13.2 Å². The zero-order chi connectivity index (χ0) is 20.5. The smallest absolute Gasteiger partial charge is 0.114 e. The first kappa shape index (κ1) is 25.6. The lowest BCUT2D eigenvalue weighted by Gasteiger charge is -2.20. The highest BCUT2D eigenvalue weighted by atomic mass is 16.6. The number of ether oxygens (including phenoxy) is 2. The van der Waals surface area contributed by atoms with Crippen molar-refractivity contribution in [2.24, 2.45) is 0 Å². The zero-order valence-corrected chi connectivity index (χ0v) is 17.8. The molecule has 0 aromatic rings. The average Bonchev–Trinajstić information content (AvgIpc) is 3.07. The first-order valence-electron chi connectivity index (χ1n) is 11.5. The van der Waals surface area contributed by atoms with E-state index in [0.29, 0.717) is 6.61 Å². The molecular weight excluding hydrogens is 356 g/mol. The minimum atomic E-state index is -1.05. The summed E-state index contributed by atoms with van der Waals surface area (Å²) in [6, 6.07) is 0. The Hall–Kier alpha value is -0.460. The number of hydrogen-bond donors (Lipinski definition) is 3. The van der Waals surface area contributed by atoms with Crippen LogP contribution in [0.1, 0.15) is 89.9 Å². The summed E-state index contributed by atoms with van der Waals surface area (Å²) in [5.74, 6) is 0. The summed E-state index contributed by atoms with van der Waals surface area (Å²) in [6.07, 6.45) is 17.0. The van der Waals surface area contributed by atoms with Gasteiger partial charge in [0.25, 0.3) is 0 Å². The van der Waals surface area contributed by atoms with Crippen molar-refractivity contribution in [3.63, 3.8) is 0 Å². The third-order valence-corrected chi connectivity index (χ3v) is 5.62. The van der Waals surface area contributed by atoms with Gasteiger partial charge in [0.15, 0.2) is 0 Å². The fourth-order valence-corrected chi connectivity index (χ4v) is 3.77.